The van der Waals surface area contributed by atoms with Crippen LogP contribution >= 0.6 is 23.2 Å². The maximum absolute atomic E-state index is 11.2. The van der Waals surface area contributed by atoms with Crippen LogP contribution in [-0.4, -0.2) is 54.3 Å². The number of methoxy groups -OCH3 is 2. The van der Waals surface area contributed by atoms with Crippen LogP contribution in [0.3, 0.4) is 0 Å². The van der Waals surface area contributed by atoms with Crippen molar-refractivity contribution in [2.45, 2.75) is 10.8 Å². The topological polar surface area (TPSA) is 86.5 Å². The largest absolute Gasteiger partial charge is 0.476 e. The fraction of sp³-hybridized carbons (Fsp3) is 0.750. The van der Waals surface area contributed by atoms with E-state index in [0.717, 1.165) is 10.1 Å². The van der Waals surface area contributed by atoms with Gasteiger partial charge in [-0.25, -0.2) is 0 Å². The first-order valence-corrected chi connectivity index (χ1v) is 5.63. The maximum Gasteiger partial charge on any atom is 0.353 e. The molecule has 0 spiro atoms. The number of rotatable bonds is 5. The second kappa shape index (κ2) is 6.07. The summed E-state index contributed by atoms with van der Waals surface area (Å²) in [6.45, 7) is 0. The molecule has 1 heterocycles. The van der Waals surface area contributed by atoms with E-state index in [4.69, 9.17) is 42.4 Å². The standard InChI is InChI=1S/C8H13Cl2N3O6/c1-16-6-5(13(14)15)7(17-2)12(19-4)8(9,10)11(6)18-3/h6H,1-4H3. The predicted octanol–water partition coefficient (Wildman–Crippen LogP) is 0.880. The van der Waals surface area contributed by atoms with Gasteiger partial charge in [-0.2, -0.15) is 5.06 Å². The van der Waals surface area contributed by atoms with Crippen LogP contribution in [-0.2, 0) is 19.1 Å². The minimum atomic E-state index is -1.92. The number of nitrogens with zero attached hydrogens (tertiary/aromatic N) is 3. The smallest absolute Gasteiger partial charge is 0.353 e. The Morgan fingerprint density at radius 3 is 2.16 bits per heavy atom. The van der Waals surface area contributed by atoms with E-state index < -0.39 is 21.4 Å². The summed E-state index contributed by atoms with van der Waals surface area (Å²) in [6, 6.07) is 0. The summed E-state index contributed by atoms with van der Waals surface area (Å²) in [6.07, 6.45) is -1.28. The highest BCUT2D eigenvalue weighted by atomic mass is 35.5. The molecule has 9 nitrogen and oxygen atoms in total. The van der Waals surface area contributed by atoms with E-state index in [1.165, 1.54) is 28.4 Å². The van der Waals surface area contributed by atoms with Gasteiger partial charge in [-0.15, -0.1) is 0 Å². The van der Waals surface area contributed by atoms with Crippen LogP contribution in [0.25, 0.3) is 0 Å². The lowest BCUT2D eigenvalue weighted by Crippen LogP contribution is -2.61. The van der Waals surface area contributed by atoms with Gasteiger partial charge in [0.05, 0.1) is 26.3 Å². The van der Waals surface area contributed by atoms with E-state index in [9.17, 15) is 10.1 Å². The van der Waals surface area contributed by atoms with Gasteiger partial charge in [-0.05, 0) is 0 Å². The van der Waals surface area contributed by atoms with Crippen molar-refractivity contribution < 1.29 is 24.1 Å². The third-order valence-electron chi connectivity index (χ3n) is 2.35. The van der Waals surface area contributed by atoms with Gasteiger partial charge in [-0.3, -0.25) is 19.8 Å². The number of hydroxylamine groups is 4. The molecule has 19 heavy (non-hydrogen) atoms. The summed E-state index contributed by atoms with van der Waals surface area (Å²) in [5.74, 6) is -0.294. The lowest BCUT2D eigenvalue weighted by molar-refractivity contribution is -0.471. The van der Waals surface area contributed by atoms with Gasteiger partial charge in [0, 0.05) is 7.11 Å². The lowest BCUT2D eigenvalue weighted by Gasteiger charge is -2.44. The van der Waals surface area contributed by atoms with Crippen LogP contribution in [0.1, 0.15) is 0 Å². The molecule has 0 aromatic carbocycles. The summed E-state index contributed by atoms with van der Waals surface area (Å²) in [5, 5.41) is 12.8. The lowest BCUT2D eigenvalue weighted by atomic mass is 10.3. The fourth-order valence-electron chi connectivity index (χ4n) is 1.63. The molecule has 1 aliphatic rings. The van der Waals surface area contributed by atoms with Gasteiger partial charge in [0.2, 0.25) is 6.23 Å². The van der Waals surface area contributed by atoms with Gasteiger partial charge in [-0.1, -0.05) is 28.3 Å². The molecular weight excluding hydrogens is 305 g/mol. The fourth-order valence-corrected chi connectivity index (χ4v) is 2.24. The van der Waals surface area contributed by atoms with Crippen LogP contribution < -0.4 is 0 Å². The summed E-state index contributed by atoms with van der Waals surface area (Å²) in [5.41, 5.74) is -0.467. The molecule has 0 saturated carbocycles. The van der Waals surface area contributed by atoms with Crippen LogP contribution in [0.5, 0.6) is 0 Å². The minimum absolute atomic E-state index is 0.294. The quantitative estimate of drug-likeness (QED) is 0.320. The first kappa shape index (κ1) is 16.2. The predicted molar refractivity (Wildman–Crippen MR) is 64.0 cm³/mol. The normalized spacial score (nSPS) is 23.7. The molecule has 0 bridgehead atoms. The zero-order chi connectivity index (χ0) is 14.8. The zero-order valence-electron chi connectivity index (χ0n) is 10.6. The van der Waals surface area contributed by atoms with E-state index in [1.54, 1.807) is 0 Å². The number of nitro groups is 1. The van der Waals surface area contributed by atoms with Gasteiger partial charge < -0.3 is 9.47 Å². The second-order valence-electron chi connectivity index (χ2n) is 3.23. The molecule has 0 N–H and O–H groups in total. The van der Waals surface area contributed by atoms with Crippen LogP contribution in [0.15, 0.2) is 11.6 Å². The molecule has 0 radical (unpaired) electrons. The van der Waals surface area contributed by atoms with Crippen molar-refractivity contribution in [2.24, 2.45) is 0 Å². The van der Waals surface area contributed by atoms with E-state index in [0.29, 0.717) is 0 Å². The third kappa shape index (κ3) is 2.57. The highest BCUT2D eigenvalue weighted by Gasteiger charge is 2.58. The number of hydrogen-bond acceptors (Lipinski definition) is 8. The second-order valence-corrected chi connectivity index (χ2v) is 4.48. The van der Waals surface area contributed by atoms with Gasteiger partial charge in [0.1, 0.15) is 0 Å². The molecule has 0 aromatic rings. The Morgan fingerprint density at radius 1 is 1.26 bits per heavy atom. The van der Waals surface area contributed by atoms with Gasteiger partial charge in [0.15, 0.2) is 0 Å². The van der Waals surface area contributed by atoms with Crippen molar-refractivity contribution in [3.63, 3.8) is 0 Å². The van der Waals surface area contributed by atoms with Crippen molar-refractivity contribution in [3.8, 4) is 0 Å². The molecule has 1 aliphatic heterocycles. The number of halogens is 2. The van der Waals surface area contributed by atoms with Crippen LogP contribution in [0.4, 0.5) is 0 Å². The molecular formula is C8H13Cl2N3O6. The van der Waals surface area contributed by atoms with E-state index in [-0.39, 0.29) is 5.88 Å². The molecule has 0 fully saturated rings. The Balaban J connectivity index is 3.49. The van der Waals surface area contributed by atoms with E-state index >= 15 is 0 Å². The average molecular weight is 318 g/mol. The third-order valence-corrected chi connectivity index (χ3v) is 2.99. The Hall–Kier alpha value is -0.840. The Morgan fingerprint density at radius 2 is 1.84 bits per heavy atom. The highest BCUT2D eigenvalue weighted by molar-refractivity contribution is 6.47. The highest BCUT2D eigenvalue weighted by Crippen LogP contribution is 2.42. The van der Waals surface area contributed by atoms with Crippen molar-refractivity contribution in [1.29, 1.82) is 0 Å². The molecule has 0 aromatic heterocycles. The number of alkyl halides is 2. The van der Waals surface area contributed by atoms with Crippen molar-refractivity contribution in [2.75, 3.05) is 28.4 Å². The first-order valence-electron chi connectivity index (χ1n) is 4.87. The Labute approximate surface area is 119 Å². The maximum atomic E-state index is 11.2. The number of ether oxygens (including phenoxy) is 2. The molecule has 1 atom stereocenters. The Kier molecular flexibility index (Phi) is 5.18. The molecule has 110 valence electrons. The molecule has 0 amide bonds. The van der Waals surface area contributed by atoms with Gasteiger partial charge >= 0.3 is 5.70 Å². The molecule has 1 rings (SSSR count). The van der Waals surface area contributed by atoms with Crippen LogP contribution in [0.2, 0.25) is 0 Å². The SMILES string of the molecule is COC1=C([N+](=O)[O-])C(OC)N(OC)C(Cl)(Cl)N1OC. The van der Waals surface area contributed by atoms with Crippen molar-refractivity contribution >= 4 is 23.2 Å². The minimum Gasteiger partial charge on any atom is -0.476 e. The van der Waals surface area contributed by atoms with Gasteiger partial charge in [0.25, 0.3) is 10.5 Å². The molecule has 0 saturated heterocycles. The molecule has 0 aliphatic carbocycles. The summed E-state index contributed by atoms with van der Waals surface area (Å²) in [4.78, 5) is 20.3. The van der Waals surface area contributed by atoms with Crippen LogP contribution in [0, 0.1) is 10.1 Å². The average Bonchev–Trinajstić information content (AvgIpc) is 2.35. The van der Waals surface area contributed by atoms with Crippen molar-refractivity contribution in [3.05, 3.63) is 21.7 Å². The first-order chi connectivity index (χ1) is 8.86. The summed E-state index contributed by atoms with van der Waals surface area (Å²) >= 11 is 12.1. The molecule has 1 unspecified atom stereocenters. The summed E-state index contributed by atoms with van der Waals surface area (Å²) in [7, 11) is 4.90. The molecule has 11 heteroatoms. The van der Waals surface area contributed by atoms with Crippen molar-refractivity contribution in [1.82, 2.24) is 10.1 Å². The number of hydrogen-bond donors (Lipinski definition) is 0. The summed E-state index contributed by atoms with van der Waals surface area (Å²) < 4.78 is 8.01. The zero-order valence-corrected chi connectivity index (χ0v) is 12.1. The monoisotopic (exact) mass is 317 g/mol. The van der Waals surface area contributed by atoms with E-state index in [1.807, 2.05) is 0 Å². The van der Waals surface area contributed by atoms with E-state index in [2.05, 4.69) is 0 Å². The Bertz CT molecular complexity index is 391.